The number of aliphatic hydroxyl groups is 1. The van der Waals surface area contributed by atoms with Gasteiger partial charge >= 0.3 is 6.18 Å². The van der Waals surface area contributed by atoms with E-state index in [0.29, 0.717) is 24.5 Å². The van der Waals surface area contributed by atoms with Gasteiger partial charge in [-0.3, -0.25) is 0 Å². The van der Waals surface area contributed by atoms with Crippen LogP contribution in [0.3, 0.4) is 0 Å². The predicted molar refractivity (Wildman–Crippen MR) is 94.3 cm³/mol. The van der Waals surface area contributed by atoms with Gasteiger partial charge in [0.05, 0.1) is 0 Å². The van der Waals surface area contributed by atoms with E-state index in [1.807, 2.05) is 42.2 Å². The highest BCUT2D eigenvalue weighted by atomic mass is 19.4. The van der Waals surface area contributed by atoms with E-state index < -0.39 is 12.0 Å². The van der Waals surface area contributed by atoms with Gasteiger partial charge in [-0.2, -0.15) is 22.7 Å². The van der Waals surface area contributed by atoms with Gasteiger partial charge in [-0.25, -0.2) is 4.98 Å². The number of benzene rings is 1. The van der Waals surface area contributed by atoms with Gasteiger partial charge < -0.3 is 10.0 Å². The molecule has 1 N–H and O–H groups in total. The molecular formula is C18H20F3N5O. The first-order chi connectivity index (χ1) is 12.8. The van der Waals surface area contributed by atoms with Gasteiger partial charge in [0.1, 0.15) is 5.82 Å². The molecule has 0 aliphatic heterocycles. The third-order valence-corrected chi connectivity index (χ3v) is 4.24. The van der Waals surface area contributed by atoms with E-state index in [4.69, 9.17) is 0 Å². The van der Waals surface area contributed by atoms with Crippen LogP contribution in [0.4, 0.5) is 19.0 Å². The summed E-state index contributed by atoms with van der Waals surface area (Å²) in [5, 5.41) is 13.0. The Morgan fingerprint density at radius 2 is 1.89 bits per heavy atom. The molecule has 3 aromatic rings. The first kappa shape index (κ1) is 19.1. The number of aromatic nitrogens is 4. The van der Waals surface area contributed by atoms with E-state index in [0.717, 1.165) is 10.1 Å². The number of anilines is 1. The Balaban J connectivity index is 2.12. The lowest BCUT2D eigenvalue weighted by Crippen LogP contribution is -2.35. The zero-order valence-electron chi connectivity index (χ0n) is 15.0. The second-order valence-electron chi connectivity index (χ2n) is 6.38. The monoisotopic (exact) mass is 379 g/mol. The summed E-state index contributed by atoms with van der Waals surface area (Å²) in [6.45, 7) is 4.01. The van der Waals surface area contributed by atoms with Crippen molar-refractivity contribution in [1.29, 1.82) is 0 Å². The van der Waals surface area contributed by atoms with Crippen molar-refractivity contribution in [3.05, 3.63) is 53.5 Å². The van der Waals surface area contributed by atoms with Gasteiger partial charge in [-0.15, -0.1) is 5.10 Å². The van der Waals surface area contributed by atoms with Gasteiger partial charge in [0.25, 0.3) is 11.6 Å². The molecule has 2 heterocycles. The SMILES string of the molecule is Cc1cc(N(Cc2ccccc2)[C@@H](C)CCO)n2nc(C(F)(F)F)nc2n1. The van der Waals surface area contributed by atoms with Gasteiger partial charge in [-0.1, -0.05) is 30.3 Å². The molecule has 0 fully saturated rings. The maximum atomic E-state index is 13.1. The summed E-state index contributed by atoms with van der Waals surface area (Å²) in [5.41, 5.74) is 1.52. The van der Waals surface area contributed by atoms with Crippen molar-refractivity contribution in [2.75, 3.05) is 11.5 Å². The fraction of sp³-hybridized carbons (Fsp3) is 0.389. The van der Waals surface area contributed by atoms with Crippen molar-refractivity contribution in [1.82, 2.24) is 19.6 Å². The lowest BCUT2D eigenvalue weighted by atomic mass is 10.1. The Bertz CT molecular complexity index is 910. The molecule has 2 aromatic heterocycles. The predicted octanol–water partition coefficient (Wildman–Crippen LogP) is 3.23. The van der Waals surface area contributed by atoms with Gasteiger partial charge in [-0.05, 0) is 25.8 Å². The number of hydrogen-bond donors (Lipinski definition) is 1. The molecule has 0 amide bonds. The first-order valence-corrected chi connectivity index (χ1v) is 8.52. The highest BCUT2D eigenvalue weighted by Gasteiger charge is 2.37. The van der Waals surface area contributed by atoms with E-state index in [9.17, 15) is 18.3 Å². The topological polar surface area (TPSA) is 66.5 Å². The average Bonchev–Trinajstić information content (AvgIpc) is 3.04. The summed E-state index contributed by atoms with van der Waals surface area (Å²) in [4.78, 5) is 9.52. The summed E-state index contributed by atoms with van der Waals surface area (Å²) in [5.74, 6) is -0.881. The maximum absolute atomic E-state index is 13.1. The summed E-state index contributed by atoms with van der Waals surface area (Å²) in [6, 6.07) is 11.1. The summed E-state index contributed by atoms with van der Waals surface area (Å²) < 4.78 is 40.3. The van der Waals surface area contributed by atoms with Crippen LogP contribution in [-0.2, 0) is 12.7 Å². The van der Waals surface area contributed by atoms with Crippen molar-refractivity contribution in [2.24, 2.45) is 0 Å². The van der Waals surface area contributed by atoms with Crippen molar-refractivity contribution in [3.8, 4) is 0 Å². The van der Waals surface area contributed by atoms with Crippen molar-refractivity contribution >= 4 is 11.6 Å². The maximum Gasteiger partial charge on any atom is 0.453 e. The molecule has 0 unspecified atom stereocenters. The summed E-state index contributed by atoms with van der Waals surface area (Å²) in [7, 11) is 0. The van der Waals surface area contributed by atoms with Crippen molar-refractivity contribution in [3.63, 3.8) is 0 Å². The van der Waals surface area contributed by atoms with E-state index in [2.05, 4.69) is 15.1 Å². The Hall–Kier alpha value is -2.68. The largest absolute Gasteiger partial charge is 0.453 e. The highest BCUT2D eigenvalue weighted by molar-refractivity contribution is 5.49. The van der Waals surface area contributed by atoms with Gasteiger partial charge in [0.2, 0.25) is 0 Å². The van der Waals surface area contributed by atoms with Crippen LogP contribution in [0.1, 0.15) is 30.4 Å². The van der Waals surface area contributed by atoms with Crippen molar-refractivity contribution in [2.45, 2.75) is 39.0 Å². The first-order valence-electron chi connectivity index (χ1n) is 8.52. The molecule has 144 valence electrons. The second-order valence-corrected chi connectivity index (χ2v) is 6.38. The molecule has 0 aliphatic carbocycles. The van der Waals surface area contributed by atoms with Crippen LogP contribution in [0, 0.1) is 6.92 Å². The molecular weight excluding hydrogens is 359 g/mol. The average molecular weight is 379 g/mol. The summed E-state index contributed by atoms with van der Waals surface area (Å²) in [6.07, 6.45) is -4.20. The van der Waals surface area contributed by atoms with E-state index in [1.54, 1.807) is 13.0 Å². The number of rotatable bonds is 6. The Morgan fingerprint density at radius 1 is 1.19 bits per heavy atom. The van der Waals surface area contributed by atoms with Crippen LogP contribution >= 0.6 is 0 Å². The van der Waals surface area contributed by atoms with Crippen LogP contribution in [0.5, 0.6) is 0 Å². The zero-order valence-corrected chi connectivity index (χ0v) is 15.0. The molecule has 6 nitrogen and oxygen atoms in total. The van der Waals surface area contributed by atoms with E-state index in [1.165, 1.54) is 0 Å². The van der Waals surface area contributed by atoms with Crippen LogP contribution in [0.25, 0.3) is 5.78 Å². The molecule has 0 saturated heterocycles. The van der Waals surface area contributed by atoms with Crippen LogP contribution < -0.4 is 4.90 Å². The Morgan fingerprint density at radius 3 is 2.52 bits per heavy atom. The number of fused-ring (bicyclic) bond motifs is 1. The normalized spacial score (nSPS) is 13.1. The highest BCUT2D eigenvalue weighted by Crippen LogP contribution is 2.29. The minimum atomic E-state index is -4.65. The zero-order chi connectivity index (χ0) is 19.6. The molecule has 0 spiro atoms. The molecule has 9 heteroatoms. The standard InChI is InChI=1S/C18H20F3N5O/c1-12-10-15(26-17(22-12)23-16(24-26)18(19,20)21)25(13(2)8-9-27)11-14-6-4-3-5-7-14/h3-7,10,13,27H,8-9,11H2,1-2H3/t13-/m0/s1. The number of nitrogens with zero attached hydrogens (tertiary/aromatic N) is 5. The van der Waals surface area contributed by atoms with Gasteiger partial charge in [0, 0.05) is 31.0 Å². The van der Waals surface area contributed by atoms with Crippen LogP contribution in [0.15, 0.2) is 36.4 Å². The number of aryl methyl sites for hydroxylation is 1. The minimum absolute atomic E-state index is 0.0369. The van der Waals surface area contributed by atoms with E-state index >= 15 is 0 Å². The molecule has 27 heavy (non-hydrogen) atoms. The lowest BCUT2D eigenvalue weighted by molar-refractivity contribution is -0.144. The molecule has 0 bridgehead atoms. The smallest absolute Gasteiger partial charge is 0.396 e. The number of halogens is 3. The van der Waals surface area contributed by atoms with Crippen LogP contribution in [-0.4, -0.2) is 37.3 Å². The Labute approximate surface area is 154 Å². The molecule has 0 saturated carbocycles. The van der Waals surface area contributed by atoms with Gasteiger partial charge in [0.15, 0.2) is 0 Å². The molecule has 1 aromatic carbocycles. The van der Waals surface area contributed by atoms with E-state index in [-0.39, 0.29) is 18.4 Å². The van der Waals surface area contributed by atoms with Crippen LogP contribution in [0.2, 0.25) is 0 Å². The van der Waals surface area contributed by atoms with Crippen molar-refractivity contribution < 1.29 is 18.3 Å². The summed E-state index contributed by atoms with van der Waals surface area (Å²) >= 11 is 0. The molecule has 3 rings (SSSR count). The molecule has 0 aliphatic rings. The molecule has 1 atom stereocenters. The molecule has 0 radical (unpaired) electrons. The number of hydrogen-bond acceptors (Lipinski definition) is 5. The lowest BCUT2D eigenvalue weighted by Gasteiger charge is -2.31. The Kier molecular flexibility index (Phi) is 5.31. The third kappa shape index (κ3) is 4.19. The number of alkyl halides is 3. The fourth-order valence-electron chi connectivity index (χ4n) is 2.88. The number of aliphatic hydroxyl groups excluding tert-OH is 1. The third-order valence-electron chi connectivity index (χ3n) is 4.24. The quantitative estimate of drug-likeness (QED) is 0.712. The second kappa shape index (κ2) is 7.51. The fourth-order valence-corrected chi connectivity index (χ4v) is 2.88. The minimum Gasteiger partial charge on any atom is -0.396 e.